The fraction of sp³-hybridized carbons (Fsp3) is 0.385. The van der Waals surface area contributed by atoms with E-state index in [-0.39, 0.29) is 11.4 Å². The Kier molecular flexibility index (Phi) is 6.77. The molecule has 1 fully saturated rings. The number of thioether (sulfide) groups is 1. The summed E-state index contributed by atoms with van der Waals surface area (Å²) in [5.74, 6) is 0.487. The standard InChI is InChI=1S/C26H28ClF2N5S/c1-4-33(3)17-13-22-23(21-7-5-6-20(31-21)15(2)28)24(18-9-8-16(29)12-19(18)27)32-25(34(22)14-17)26-30-10-11-35-26/h4-5,7-12,15,17,20,24,26,30H,1,6,13-14H2,2-3H3/t15?,17-,20?,24-,26?/m0/s1. The predicted octanol–water partition coefficient (Wildman–Crippen LogP) is 5.60. The third kappa shape index (κ3) is 4.54. The average Bonchev–Trinajstić information content (AvgIpc) is 3.53. The number of allylic oxidation sites excluding steroid dienone is 1. The van der Waals surface area contributed by atoms with E-state index >= 15 is 0 Å². The van der Waals surface area contributed by atoms with Gasteiger partial charge in [-0.1, -0.05) is 42.1 Å². The number of hydrogen-bond donors (Lipinski definition) is 1. The van der Waals surface area contributed by atoms with Crippen molar-refractivity contribution < 1.29 is 8.78 Å². The zero-order valence-electron chi connectivity index (χ0n) is 19.7. The molecule has 5 atom stereocenters. The Labute approximate surface area is 214 Å². The van der Waals surface area contributed by atoms with Gasteiger partial charge >= 0.3 is 0 Å². The Morgan fingerprint density at radius 2 is 2.20 bits per heavy atom. The largest absolute Gasteiger partial charge is 0.376 e. The lowest BCUT2D eigenvalue weighted by Crippen LogP contribution is -2.44. The van der Waals surface area contributed by atoms with Gasteiger partial charge in [-0.2, -0.15) is 0 Å². The molecule has 0 aromatic heterocycles. The number of rotatable bonds is 6. The van der Waals surface area contributed by atoms with E-state index in [0.29, 0.717) is 22.7 Å². The van der Waals surface area contributed by atoms with Gasteiger partial charge in [-0.3, -0.25) is 9.98 Å². The summed E-state index contributed by atoms with van der Waals surface area (Å²) in [6.45, 7) is 6.23. The molecule has 0 radical (unpaired) electrons. The highest BCUT2D eigenvalue weighted by atomic mass is 35.5. The summed E-state index contributed by atoms with van der Waals surface area (Å²) in [5, 5.41) is 5.64. The molecule has 4 heterocycles. The molecule has 0 bridgehead atoms. The number of fused-ring (bicyclic) bond motifs is 1. The van der Waals surface area contributed by atoms with Crippen LogP contribution < -0.4 is 5.32 Å². The van der Waals surface area contributed by atoms with E-state index in [1.165, 1.54) is 12.1 Å². The Morgan fingerprint density at radius 3 is 2.89 bits per heavy atom. The zero-order chi connectivity index (χ0) is 24.7. The fourth-order valence-electron chi connectivity index (χ4n) is 4.96. The molecule has 35 heavy (non-hydrogen) atoms. The molecule has 5 rings (SSSR count). The first-order chi connectivity index (χ1) is 16.9. The maximum Gasteiger partial charge on any atom is 0.138 e. The Bertz CT molecular complexity index is 1170. The highest BCUT2D eigenvalue weighted by Crippen LogP contribution is 2.44. The van der Waals surface area contributed by atoms with Gasteiger partial charge in [-0.25, -0.2) is 8.78 Å². The molecule has 1 aromatic rings. The third-order valence-electron chi connectivity index (χ3n) is 6.92. The van der Waals surface area contributed by atoms with Gasteiger partial charge in [0.1, 0.15) is 29.2 Å². The van der Waals surface area contributed by atoms with E-state index in [1.807, 2.05) is 37.0 Å². The molecular formula is C26H28ClF2N5S. The highest BCUT2D eigenvalue weighted by molar-refractivity contribution is 8.03. The van der Waals surface area contributed by atoms with Gasteiger partial charge in [0.05, 0.1) is 17.8 Å². The van der Waals surface area contributed by atoms with Crippen LogP contribution in [0.5, 0.6) is 0 Å². The lowest BCUT2D eigenvalue weighted by molar-refractivity contribution is 0.307. The number of dihydropyridines is 1. The summed E-state index contributed by atoms with van der Waals surface area (Å²) in [6, 6.07) is 3.67. The quantitative estimate of drug-likeness (QED) is 0.536. The summed E-state index contributed by atoms with van der Waals surface area (Å²) >= 11 is 8.23. The summed E-state index contributed by atoms with van der Waals surface area (Å²) in [6.07, 6.45) is 7.92. The number of benzene rings is 1. The van der Waals surface area contributed by atoms with Gasteiger partial charge < -0.3 is 15.1 Å². The Balaban J connectivity index is 1.69. The van der Waals surface area contributed by atoms with Crippen LogP contribution in [-0.2, 0) is 0 Å². The molecule has 1 N–H and O–H groups in total. The maximum atomic E-state index is 14.3. The summed E-state index contributed by atoms with van der Waals surface area (Å²) < 4.78 is 28.3. The number of nitrogens with zero attached hydrogens (tertiary/aromatic N) is 4. The minimum Gasteiger partial charge on any atom is -0.376 e. The monoisotopic (exact) mass is 515 g/mol. The Morgan fingerprint density at radius 1 is 1.37 bits per heavy atom. The number of halogens is 3. The van der Waals surface area contributed by atoms with Crippen molar-refractivity contribution in [2.24, 2.45) is 9.98 Å². The molecule has 4 aliphatic rings. The second-order valence-electron chi connectivity index (χ2n) is 9.12. The van der Waals surface area contributed by atoms with Crippen molar-refractivity contribution in [1.82, 2.24) is 15.1 Å². The number of nitrogens with one attached hydrogen (secondary N) is 1. The van der Waals surface area contributed by atoms with Crippen molar-refractivity contribution in [3.8, 4) is 0 Å². The van der Waals surface area contributed by atoms with Gasteiger partial charge in [-0.05, 0) is 43.2 Å². The van der Waals surface area contributed by atoms with E-state index < -0.39 is 24.1 Å². The second kappa shape index (κ2) is 9.82. The molecule has 0 spiro atoms. The number of likely N-dealkylation sites (N-methyl/N-ethyl adjacent to an activating group) is 1. The molecule has 0 amide bonds. The van der Waals surface area contributed by atoms with Crippen molar-refractivity contribution in [3.05, 3.63) is 82.4 Å². The van der Waals surface area contributed by atoms with Crippen LogP contribution in [-0.4, -0.2) is 58.6 Å². The van der Waals surface area contributed by atoms with Gasteiger partial charge in [0.15, 0.2) is 0 Å². The Hall–Kier alpha value is -2.58. The molecule has 1 saturated heterocycles. The van der Waals surface area contributed by atoms with Crippen LogP contribution in [0.4, 0.5) is 8.78 Å². The normalized spacial score (nSPS) is 28.4. The molecule has 4 aliphatic heterocycles. The lowest BCUT2D eigenvalue weighted by atomic mass is 9.89. The second-order valence-corrected chi connectivity index (χ2v) is 10.5. The molecule has 5 nitrogen and oxygen atoms in total. The molecule has 9 heteroatoms. The molecule has 184 valence electrons. The van der Waals surface area contributed by atoms with E-state index in [4.69, 9.17) is 21.6 Å². The average molecular weight is 516 g/mol. The van der Waals surface area contributed by atoms with Crippen molar-refractivity contribution in [3.63, 3.8) is 0 Å². The number of amidine groups is 1. The lowest BCUT2D eigenvalue weighted by Gasteiger charge is -2.36. The summed E-state index contributed by atoms with van der Waals surface area (Å²) in [4.78, 5) is 14.4. The van der Waals surface area contributed by atoms with Crippen LogP contribution in [0.25, 0.3) is 0 Å². The zero-order valence-corrected chi connectivity index (χ0v) is 21.2. The van der Waals surface area contributed by atoms with Gasteiger partial charge in [0.25, 0.3) is 0 Å². The fourth-order valence-corrected chi connectivity index (χ4v) is 6.01. The van der Waals surface area contributed by atoms with Crippen LogP contribution in [0.15, 0.2) is 76.0 Å². The SMILES string of the molecule is C=CN(C)[C@H]1CC2=C(C3=NC(C(C)F)CC=C3)[C@H](c3ccc(F)cc3Cl)N=C(C3NC=CS3)N2C1. The van der Waals surface area contributed by atoms with Crippen LogP contribution in [0.3, 0.4) is 0 Å². The summed E-state index contributed by atoms with van der Waals surface area (Å²) in [5.41, 5.74) is 3.41. The predicted molar refractivity (Wildman–Crippen MR) is 141 cm³/mol. The highest BCUT2D eigenvalue weighted by Gasteiger charge is 2.43. The minimum absolute atomic E-state index is 0.0523. The third-order valence-corrected chi connectivity index (χ3v) is 8.16. The van der Waals surface area contributed by atoms with E-state index in [0.717, 1.165) is 30.1 Å². The van der Waals surface area contributed by atoms with Crippen LogP contribution in [0.2, 0.25) is 5.02 Å². The van der Waals surface area contributed by atoms with Gasteiger partial charge in [-0.15, -0.1) is 0 Å². The van der Waals surface area contributed by atoms with Crippen molar-refractivity contribution in [1.29, 1.82) is 0 Å². The van der Waals surface area contributed by atoms with E-state index in [2.05, 4.69) is 21.7 Å². The first-order valence-electron chi connectivity index (χ1n) is 11.7. The van der Waals surface area contributed by atoms with Crippen LogP contribution in [0.1, 0.15) is 31.4 Å². The molecule has 1 aromatic carbocycles. The maximum absolute atomic E-state index is 14.3. The number of hydrogen-bond acceptors (Lipinski definition) is 6. The molecule has 0 saturated carbocycles. The first kappa shape index (κ1) is 24.1. The smallest absolute Gasteiger partial charge is 0.138 e. The van der Waals surface area contributed by atoms with Gasteiger partial charge in [0, 0.05) is 48.1 Å². The molecular weight excluding hydrogens is 488 g/mol. The van der Waals surface area contributed by atoms with Crippen molar-refractivity contribution in [2.75, 3.05) is 13.6 Å². The summed E-state index contributed by atoms with van der Waals surface area (Å²) in [7, 11) is 2.02. The van der Waals surface area contributed by atoms with E-state index in [1.54, 1.807) is 24.8 Å². The van der Waals surface area contributed by atoms with Gasteiger partial charge in [0.2, 0.25) is 0 Å². The van der Waals surface area contributed by atoms with E-state index in [9.17, 15) is 8.78 Å². The molecule has 3 unspecified atom stereocenters. The minimum atomic E-state index is -1.07. The van der Waals surface area contributed by atoms with Crippen LogP contribution >= 0.6 is 23.4 Å². The molecule has 0 aliphatic carbocycles. The number of alkyl halides is 1. The van der Waals surface area contributed by atoms with Crippen molar-refractivity contribution >= 4 is 34.9 Å². The first-order valence-corrected chi connectivity index (χ1v) is 13.0. The van der Waals surface area contributed by atoms with Crippen molar-refractivity contribution in [2.45, 2.75) is 49.4 Å². The van der Waals surface area contributed by atoms with Crippen LogP contribution in [0, 0.1) is 5.82 Å². The number of aliphatic imine (C=N–C) groups is 2. The topological polar surface area (TPSA) is 43.2 Å².